The van der Waals surface area contributed by atoms with Gasteiger partial charge in [0.25, 0.3) is 0 Å². The summed E-state index contributed by atoms with van der Waals surface area (Å²) < 4.78 is 5.03. The van der Waals surface area contributed by atoms with E-state index in [0.717, 1.165) is 17.5 Å². The predicted molar refractivity (Wildman–Crippen MR) is 50.7 cm³/mol. The van der Waals surface area contributed by atoms with E-state index in [-0.39, 0.29) is 5.78 Å². The maximum atomic E-state index is 11.4. The zero-order valence-electron chi connectivity index (χ0n) is 7.26. The molecule has 1 aromatic carbocycles. The molecule has 3 heteroatoms. The minimum atomic E-state index is 0.163. The van der Waals surface area contributed by atoms with Crippen molar-refractivity contribution in [2.45, 2.75) is 12.8 Å². The van der Waals surface area contributed by atoms with Crippen molar-refractivity contribution in [2.75, 3.05) is 7.11 Å². The molecule has 0 spiro atoms. The van der Waals surface area contributed by atoms with Crippen molar-refractivity contribution in [3.63, 3.8) is 0 Å². The molecule has 1 aromatic rings. The average Bonchev–Trinajstić information content (AvgIpc) is 2.48. The predicted octanol–water partition coefficient (Wildman–Crippen LogP) is 2.48. The van der Waals surface area contributed by atoms with Crippen molar-refractivity contribution in [3.05, 3.63) is 28.3 Å². The van der Waals surface area contributed by atoms with E-state index >= 15 is 0 Å². The van der Waals surface area contributed by atoms with Gasteiger partial charge in [-0.2, -0.15) is 0 Å². The summed E-state index contributed by atoms with van der Waals surface area (Å²) in [7, 11) is 1.57. The second kappa shape index (κ2) is 3.04. The zero-order valence-corrected chi connectivity index (χ0v) is 8.02. The van der Waals surface area contributed by atoms with E-state index < -0.39 is 0 Å². The summed E-state index contributed by atoms with van der Waals surface area (Å²) in [6, 6.07) is 3.51. The Morgan fingerprint density at radius 1 is 1.38 bits per heavy atom. The van der Waals surface area contributed by atoms with Gasteiger partial charge in [-0.05, 0) is 24.1 Å². The highest BCUT2D eigenvalue weighted by atomic mass is 35.5. The van der Waals surface area contributed by atoms with E-state index in [0.29, 0.717) is 17.2 Å². The fraction of sp³-hybridized carbons (Fsp3) is 0.300. The van der Waals surface area contributed by atoms with Crippen molar-refractivity contribution in [1.29, 1.82) is 0 Å². The lowest BCUT2D eigenvalue weighted by molar-refractivity contribution is 0.0994. The van der Waals surface area contributed by atoms with Crippen LogP contribution in [0.2, 0.25) is 5.02 Å². The fourth-order valence-electron chi connectivity index (χ4n) is 1.61. The van der Waals surface area contributed by atoms with Gasteiger partial charge >= 0.3 is 0 Å². The first kappa shape index (κ1) is 8.57. The summed E-state index contributed by atoms with van der Waals surface area (Å²) >= 11 is 5.99. The molecule has 1 aliphatic carbocycles. The van der Waals surface area contributed by atoms with Crippen molar-refractivity contribution < 1.29 is 9.53 Å². The third-order valence-electron chi connectivity index (χ3n) is 2.31. The van der Waals surface area contributed by atoms with Crippen molar-refractivity contribution in [3.8, 4) is 5.75 Å². The third-order valence-corrected chi connectivity index (χ3v) is 2.64. The first-order valence-electron chi connectivity index (χ1n) is 4.12. The van der Waals surface area contributed by atoms with Gasteiger partial charge in [-0.1, -0.05) is 11.6 Å². The number of benzene rings is 1. The molecule has 0 bridgehead atoms. The van der Waals surface area contributed by atoms with Gasteiger partial charge in [0.05, 0.1) is 7.11 Å². The molecule has 0 N–H and O–H groups in total. The Kier molecular flexibility index (Phi) is 2.00. The number of rotatable bonds is 1. The molecule has 13 heavy (non-hydrogen) atoms. The molecule has 0 unspecified atom stereocenters. The van der Waals surface area contributed by atoms with E-state index in [1.807, 2.05) is 0 Å². The zero-order chi connectivity index (χ0) is 9.42. The monoisotopic (exact) mass is 196 g/mol. The maximum Gasteiger partial charge on any atom is 0.163 e. The van der Waals surface area contributed by atoms with Gasteiger partial charge in [-0.25, -0.2) is 0 Å². The smallest absolute Gasteiger partial charge is 0.163 e. The van der Waals surface area contributed by atoms with Crippen LogP contribution in [-0.4, -0.2) is 12.9 Å². The first-order chi connectivity index (χ1) is 6.22. The fourth-order valence-corrected chi connectivity index (χ4v) is 1.91. The number of carbonyl (C=O) groups excluding carboxylic acids is 1. The summed E-state index contributed by atoms with van der Waals surface area (Å²) in [5.74, 6) is 0.815. The summed E-state index contributed by atoms with van der Waals surface area (Å²) in [6.07, 6.45) is 1.33. The number of hydrogen-bond donors (Lipinski definition) is 0. The molecule has 0 amide bonds. The van der Waals surface area contributed by atoms with Crippen molar-refractivity contribution >= 4 is 17.4 Å². The molecule has 0 saturated heterocycles. The van der Waals surface area contributed by atoms with Gasteiger partial charge in [0.15, 0.2) is 5.78 Å². The topological polar surface area (TPSA) is 26.3 Å². The highest BCUT2D eigenvalue weighted by Gasteiger charge is 2.22. The van der Waals surface area contributed by atoms with E-state index in [1.165, 1.54) is 0 Å². The lowest BCUT2D eigenvalue weighted by Crippen LogP contribution is -1.93. The Labute approximate surface area is 81.5 Å². The molecule has 2 nitrogen and oxygen atoms in total. The number of methoxy groups -OCH3 is 1. The van der Waals surface area contributed by atoms with Gasteiger partial charge in [0.2, 0.25) is 0 Å². The van der Waals surface area contributed by atoms with Crippen LogP contribution in [0.15, 0.2) is 12.1 Å². The Bertz CT molecular complexity index is 371. The van der Waals surface area contributed by atoms with Crippen LogP contribution in [0, 0.1) is 0 Å². The Morgan fingerprint density at radius 3 is 2.85 bits per heavy atom. The number of Topliss-reactive ketones (excluding diaryl/α,β-unsaturated/α-hetero) is 1. The van der Waals surface area contributed by atoms with Gasteiger partial charge in [-0.15, -0.1) is 0 Å². The third kappa shape index (κ3) is 1.31. The highest BCUT2D eigenvalue weighted by molar-refractivity contribution is 6.32. The van der Waals surface area contributed by atoms with Crippen LogP contribution in [0.25, 0.3) is 0 Å². The molecule has 0 aliphatic heterocycles. The SMILES string of the molecule is COc1cc(Cl)c2c(c1)C(=O)CC2. The maximum absolute atomic E-state index is 11.4. The van der Waals surface area contributed by atoms with Gasteiger partial charge in [0, 0.05) is 17.0 Å². The molecule has 2 rings (SSSR count). The normalized spacial score (nSPS) is 14.5. The molecular weight excluding hydrogens is 188 g/mol. The molecule has 0 aromatic heterocycles. The molecule has 0 atom stereocenters. The minimum absolute atomic E-state index is 0.163. The van der Waals surface area contributed by atoms with Crippen LogP contribution < -0.4 is 4.74 Å². The second-order valence-corrected chi connectivity index (χ2v) is 3.47. The number of hydrogen-bond acceptors (Lipinski definition) is 2. The van der Waals surface area contributed by atoms with Crippen molar-refractivity contribution in [1.82, 2.24) is 0 Å². The molecule has 1 aliphatic rings. The number of ether oxygens (including phenoxy) is 1. The minimum Gasteiger partial charge on any atom is -0.497 e. The average molecular weight is 197 g/mol. The Morgan fingerprint density at radius 2 is 2.15 bits per heavy atom. The standard InChI is InChI=1S/C10H9ClO2/c1-13-6-4-8-7(9(11)5-6)2-3-10(8)12/h4-5H,2-3H2,1H3. The van der Waals surface area contributed by atoms with Crippen LogP contribution in [0.5, 0.6) is 5.75 Å². The van der Waals surface area contributed by atoms with Gasteiger partial charge < -0.3 is 4.74 Å². The number of ketones is 1. The molecule has 0 heterocycles. The largest absolute Gasteiger partial charge is 0.497 e. The van der Waals surface area contributed by atoms with E-state index in [4.69, 9.17) is 16.3 Å². The molecule has 0 radical (unpaired) electrons. The summed E-state index contributed by atoms with van der Waals surface area (Å²) in [6.45, 7) is 0. The lowest BCUT2D eigenvalue weighted by atomic mass is 10.1. The number of halogens is 1. The van der Waals surface area contributed by atoms with Crippen LogP contribution in [0.4, 0.5) is 0 Å². The van der Waals surface area contributed by atoms with E-state index in [2.05, 4.69) is 0 Å². The quantitative estimate of drug-likeness (QED) is 0.690. The summed E-state index contributed by atoms with van der Waals surface area (Å²) in [5.41, 5.74) is 1.69. The molecule has 0 saturated carbocycles. The summed E-state index contributed by atoms with van der Waals surface area (Å²) in [4.78, 5) is 11.4. The molecule has 0 fully saturated rings. The van der Waals surface area contributed by atoms with Gasteiger partial charge in [0.1, 0.15) is 5.75 Å². The molecular formula is C10H9ClO2. The second-order valence-electron chi connectivity index (χ2n) is 3.06. The number of carbonyl (C=O) groups is 1. The lowest BCUT2D eigenvalue weighted by Gasteiger charge is -2.04. The van der Waals surface area contributed by atoms with Crippen LogP contribution >= 0.6 is 11.6 Å². The van der Waals surface area contributed by atoms with Gasteiger partial charge in [-0.3, -0.25) is 4.79 Å². The van der Waals surface area contributed by atoms with Crippen LogP contribution in [0.1, 0.15) is 22.3 Å². The highest BCUT2D eigenvalue weighted by Crippen LogP contribution is 2.32. The van der Waals surface area contributed by atoms with Crippen LogP contribution in [0.3, 0.4) is 0 Å². The summed E-state index contributed by atoms with van der Waals surface area (Å²) in [5, 5.41) is 0.639. The van der Waals surface area contributed by atoms with E-state index in [9.17, 15) is 4.79 Å². The molecule has 68 valence electrons. The Hall–Kier alpha value is -1.02. The van der Waals surface area contributed by atoms with Crippen molar-refractivity contribution in [2.24, 2.45) is 0 Å². The first-order valence-corrected chi connectivity index (χ1v) is 4.50. The Balaban J connectivity index is 2.60. The van der Waals surface area contributed by atoms with Crippen LogP contribution in [-0.2, 0) is 6.42 Å². The van der Waals surface area contributed by atoms with E-state index in [1.54, 1.807) is 19.2 Å². The number of fused-ring (bicyclic) bond motifs is 1.